The molecule has 8 nitrogen and oxygen atoms in total. The zero-order chi connectivity index (χ0) is 19.2. The minimum Gasteiger partial charge on any atom is -0.500 e. The van der Waals surface area contributed by atoms with Crippen molar-refractivity contribution in [2.45, 2.75) is 39.0 Å². The van der Waals surface area contributed by atoms with Gasteiger partial charge in [-0.05, 0) is 23.5 Å². The summed E-state index contributed by atoms with van der Waals surface area (Å²) in [6.45, 7) is 3.91. The quantitative estimate of drug-likeness (QED) is 0.631. The first-order valence-electron chi connectivity index (χ1n) is 8.24. The first-order chi connectivity index (χ1) is 12.1. The molecule has 0 fully saturated rings. The number of nitro benzene ring substituents is 1. The van der Waals surface area contributed by atoms with Gasteiger partial charge in [-0.2, -0.15) is 0 Å². The third-order valence-electron chi connectivity index (χ3n) is 4.84. The van der Waals surface area contributed by atoms with Gasteiger partial charge in [0.15, 0.2) is 11.5 Å². The van der Waals surface area contributed by atoms with Gasteiger partial charge in [-0.1, -0.05) is 13.8 Å². The fourth-order valence-electron chi connectivity index (χ4n) is 3.75. The third-order valence-corrected chi connectivity index (χ3v) is 4.84. The number of ketones is 1. The lowest BCUT2D eigenvalue weighted by Gasteiger charge is -2.37. The van der Waals surface area contributed by atoms with Crippen LogP contribution >= 0.6 is 0 Å². The average Bonchev–Trinajstić information content (AvgIpc) is 2.52. The van der Waals surface area contributed by atoms with Crippen LogP contribution in [-0.4, -0.2) is 28.8 Å². The molecular weight excluding hydrogens is 340 g/mol. The summed E-state index contributed by atoms with van der Waals surface area (Å²) < 4.78 is 5.03. The summed E-state index contributed by atoms with van der Waals surface area (Å²) in [4.78, 5) is 35.5. The monoisotopic (exact) mass is 360 g/mol. The van der Waals surface area contributed by atoms with Gasteiger partial charge < -0.3 is 15.2 Å². The van der Waals surface area contributed by atoms with E-state index >= 15 is 0 Å². The van der Waals surface area contributed by atoms with Crippen LogP contribution in [0.25, 0.3) is 0 Å². The summed E-state index contributed by atoms with van der Waals surface area (Å²) in [6, 6.07) is 2.65. The van der Waals surface area contributed by atoms with Gasteiger partial charge in [0.1, 0.15) is 0 Å². The molecule has 0 spiro atoms. The van der Waals surface area contributed by atoms with E-state index in [1.807, 2.05) is 13.8 Å². The molecule has 1 amide bonds. The van der Waals surface area contributed by atoms with Crippen molar-refractivity contribution in [3.05, 3.63) is 39.1 Å². The number of phenols is 1. The third kappa shape index (κ3) is 3.02. The Labute approximate surface area is 150 Å². The normalized spacial score (nSPS) is 21.9. The van der Waals surface area contributed by atoms with E-state index < -0.39 is 22.3 Å². The fourth-order valence-corrected chi connectivity index (χ4v) is 3.75. The first kappa shape index (κ1) is 17.9. The molecule has 0 saturated carbocycles. The SMILES string of the molecule is COc1cc([C@@H]2CC(=O)NC3=C2C(=O)CC(C)(C)C3)cc([N+](=O)[O-])c1O. The highest BCUT2D eigenvalue weighted by molar-refractivity contribution is 6.02. The zero-order valence-electron chi connectivity index (χ0n) is 14.8. The summed E-state index contributed by atoms with van der Waals surface area (Å²) in [5.74, 6) is -1.56. The number of aromatic hydroxyl groups is 1. The summed E-state index contributed by atoms with van der Waals surface area (Å²) in [5, 5.41) is 24.0. The number of nitrogens with zero attached hydrogens (tertiary/aromatic N) is 1. The number of ether oxygens (including phenoxy) is 1. The Morgan fingerprint density at radius 1 is 1.31 bits per heavy atom. The lowest BCUT2D eigenvalue weighted by atomic mass is 9.70. The molecule has 8 heteroatoms. The Kier molecular flexibility index (Phi) is 4.21. The van der Waals surface area contributed by atoms with Crippen LogP contribution in [0.2, 0.25) is 0 Å². The Morgan fingerprint density at radius 3 is 2.62 bits per heavy atom. The number of hydrogen-bond donors (Lipinski definition) is 2. The number of rotatable bonds is 3. The molecule has 1 aliphatic carbocycles. The number of benzene rings is 1. The van der Waals surface area contributed by atoms with Crippen molar-refractivity contribution in [3.63, 3.8) is 0 Å². The van der Waals surface area contributed by atoms with E-state index in [1.165, 1.54) is 19.2 Å². The van der Waals surface area contributed by atoms with E-state index in [-0.39, 0.29) is 29.3 Å². The topological polar surface area (TPSA) is 119 Å². The van der Waals surface area contributed by atoms with Crippen LogP contribution in [0.5, 0.6) is 11.5 Å². The van der Waals surface area contributed by atoms with Crippen LogP contribution in [0.15, 0.2) is 23.4 Å². The van der Waals surface area contributed by atoms with Crippen LogP contribution in [0.1, 0.15) is 44.6 Å². The molecule has 0 saturated heterocycles. The number of nitro groups is 1. The highest BCUT2D eigenvalue weighted by Gasteiger charge is 2.41. The number of methoxy groups -OCH3 is 1. The second-order valence-electron chi connectivity index (χ2n) is 7.49. The van der Waals surface area contributed by atoms with Gasteiger partial charge >= 0.3 is 5.69 Å². The average molecular weight is 360 g/mol. The number of hydrogen-bond acceptors (Lipinski definition) is 6. The van der Waals surface area contributed by atoms with Crippen LogP contribution < -0.4 is 10.1 Å². The summed E-state index contributed by atoms with van der Waals surface area (Å²) in [6.07, 6.45) is 0.902. The van der Waals surface area contributed by atoms with E-state index in [0.29, 0.717) is 29.7 Å². The van der Waals surface area contributed by atoms with Gasteiger partial charge in [0.2, 0.25) is 11.7 Å². The molecule has 1 aromatic carbocycles. The van der Waals surface area contributed by atoms with E-state index in [1.54, 1.807) is 0 Å². The van der Waals surface area contributed by atoms with E-state index in [0.717, 1.165) is 0 Å². The number of Topliss-reactive ketones (excluding diaryl/α,β-unsaturated/α-hetero) is 1. The van der Waals surface area contributed by atoms with E-state index in [9.17, 15) is 24.8 Å². The van der Waals surface area contributed by atoms with Crippen molar-refractivity contribution in [1.29, 1.82) is 0 Å². The molecule has 2 aliphatic rings. The van der Waals surface area contributed by atoms with Crippen molar-refractivity contribution in [2.24, 2.45) is 5.41 Å². The smallest absolute Gasteiger partial charge is 0.314 e. The summed E-state index contributed by atoms with van der Waals surface area (Å²) in [5.41, 5.74) is 0.704. The van der Waals surface area contributed by atoms with Crippen molar-refractivity contribution in [1.82, 2.24) is 5.32 Å². The van der Waals surface area contributed by atoms with Gasteiger partial charge in [0.05, 0.1) is 12.0 Å². The van der Waals surface area contributed by atoms with Crippen molar-refractivity contribution >= 4 is 17.4 Å². The van der Waals surface area contributed by atoms with Crippen LogP contribution in [0.3, 0.4) is 0 Å². The molecule has 0 radical (unpaired) electrons. The molecule has 2 N–H and O–H groups in total. The van der Waals surface area contributed by atoms with Gasteiger partial charge in [0, 0.05) is 36.1 Å². The maximum Gasteiger partial charge on any atom is 0.314 e. The molecule has 0 aromatic heterocycles. The van der Waals surface area contributed by atoms with Gasteiger partial charge in [-0.25, -0.2) is 0 Å². The first-order valence-corrected chi connectivity index (χ1v) is 8.24. The number of allylic oxidation sites excluding steroid dienone is 2. The Hall–Kier alpha value is -2.90. The van der Waals surface area contributed by atoms with Crippen LogP contribution in [-0.2, 0) is 9.59 Å². The summed E-state index contributed by atoms with van der Waals surface area (Å²) in [7, 11) is 1.29. The van der Waals surface area contributed by atoms with Gasteiger partial charge in [-0.15, -0.1) is 0 Å². The van der Waals surface area contributed by atoms with Gasteiger partial charge in [0.25, 0.3) is 0 Å². The summed E-state index contributed by atoms with van der Waals surface area (Å²) >= 11 is 0. The highest BCUT2D eigenvalue weighted by atomic mass is 16.6. The van der Waals surface area contributed by atoms with Crippen LogP contribution in [0.4, 0.5) is 5.69 Å². The number of phenolic OH excluding ortho intramolecular Hbond substituents is 1. The Balaban J connectivity index is 2.16. The molecule has 1 aromatic rings. The van der Waals surface area contributed by atoms with Crippen LogP contribution in [0, 0.1) is 15.5 Å². The Bertz CT molecular complexity index is 855. The highest BCUT2D eigenvalue weighted by Crippen LogP contribution is 2.46. The minimum atomic E-state index is -0.717. The van der Waals surface area contributed by atoms with Gasteiger partial charge in [-0.3, -0.25) is 19.7 Å². The molecule has 0 bridgehead atoms. The molecule has 1 atom stereocenters. The lowest BCUT2D eigenvalue weighted by Crippen LogP contribution is -2.40. The largest absolute Gasteiger partial charge is 0.500 e. The molecular formula is C18H20N2O6. The van der Waals surface area contributed by atoms with Crippen molar-refractivity contribution < 1.29 is 24.4 Å². The number of nitrogens with one attached hydrogen (secondary N) is 1. The van der Waals surface area contributed by atoms with E-state index in [2.05, 4.69) is 5.32 Å². The minimum absolute atomic E-state index is 0.0100. The number of amides is 1. The zero-order valence-corrected chi connectivity index (χ0v) is 14.8. The molecule has 138 valence electrons. The van der Waals surface area contributed by atoms with E-state index in [4.69, 9.17) is 4.74 Å². The maximum absolute atomic E-state index is 12.8. The van der Waals surface area contributed by atoms with Crippen molar-refractivity contribution in [3.8, 4) is 11.5 Å². The maximum atomic E-state index is 12.8. The number of carbonyl (C=O) groups is 2. The standard InChI is InChI=1S/C18H20N2O6/c1-18(2)7-11-16(13(21)8-18)10(6-15(22)19-11)9-4-12(20(24)25)17(23)14(5-9)26-3/h4-5,10,23H,6-8H2,1-3H3,(H,19,22)/t10-/m0/s1. The molecule has 0 unspecified atom stereocenters. The fraction of sp³-hybridized carbons (Fsp3) is 0.444. The predicted molar refractivity (Wildman–Crippen MR) is 91.9 cm³/mol. The Morgan fingerprint density at radius 2 is 2.00 bits per heavy atom. The molecule has 1 aliphatic heterocycles. The second kappa shape index (κ2) is 6.12. The second-order valence-corrected chi connectivity index (χ2v) is 7.49. The lowest BCUT2D eigenvalue weighted by molar-refractivity contribution is -0.386. The van der Waals surface area contributed by atoms with Crippen molar-refractivity contribution in [2.75, 3.05) is 7.11 Å². The molecule has 3 rings (SSSR count). The predicted octanol–water partition coefficient (Wildman–Crippen LogP) is 2.56. The molecule has 1 heterocycles. The number of carbonyl (C=O) groups excluding carboxylic acids is 2. The molecule has 26 heavy (non-hydrogen) atoms.